The first kappa shape index (κ1) is 6.88. The van der Waals surface area contributed by atoms with Gasteiger partial charge in [0.2, 0.25) is 0 Å². The minimum atomic E-state index is 0.0139. The van der Waals surface area contributed by atoms with Gasteiger partial charge in [0.15, 0.2) is 0 Å². The molecule has 0 radical (unpaired) electrons. The maximum absolute atomic E-state index is 5.42. The minimum absolute atomic E-state index is 0.0139. The van der Waals surface area contributed by atoms with E-state index in [-0.39, 0.29) is 6.17 Å². The van der Waals surface area contributed by atoms with Gasteiger partial charge in [-0.3, -0.25) is 5.84 Å². The van der Waals surface area contributed by atoms with Crippen molar-refractivity contribution in [1.29, 1.82) is 0 Å². The highest BCUT2D eigenvalue weighted by Gasteiger charge is 1.97. The summed E-state index contributed by atoms with van der Waals surface area (Å²) in [7, 11) is 1.76. The van der Waals surface area contributed by atoms with Gasteiger partial charge in [0.1, 0.15) is 0 Å². The number of nitrogens with two attached hydrogens (primary N) is 2. The summed E-state index contributed by atoms with van der Waals surface area (Å²) in [4.78, 5) is 0. The van der Waals surface area contributed by atoms with Crippen LogP contribution in [-0.4, -0.2) is 18.2 Å². The molecule has 0 aliphatic rings. The van der Waals surface area contributed by atoms with Crippen LogP contribution in [0.15, 0.2) is 0 Å². The van der Waals surface area contributed by atoms with Crippen molar-refractivity contribution in [3.63, 3.8) is 0 Å². The molecule has 3 nitrogen and oxygen atoms in total. The molecule has 1 unspecified atom stereocenters. The molecule has 0 aromatic carbocycles. The predicted octanol–water partition coefficient (Wildman–Crippen LogP) is -0.513. The smallest absolute Gasteiger partial charge is 0.0699 e. The van der Waals surface area contributed by atoms with Gasteiger partial charge in [-0.1, -0.05) is 6.92 Å². The third-order valence-electron chi connectivity index (χ3n) is 0.941. The number of rotatable bonds is 2. The summed E-state index contributed by atoms with van der Waals surface area (Å²) in [6, 6.07) is 0. The van der Waals surface area contributed by atoms with Crippen LogP contribution in [0, 0.1) is 0 Å². The molecule has 0 aromatic heterocycles. The van der Waals surface area contributed by atoms with Crippen LogP contribution in [0.3, 0.4) is 0 Å². The monoisotopic (exact) mass is 103 g/mol. The predicted molar refractivity (Wildman–Crippen MR) is 30.2 cm³/mol. The Morgan fingerprint density at radius 1 is 1.71 bits per heavy atom. The molecule has 3 heteroatoms. The van der Waals surface area contributed by atoms with Crippen LogP contribution in [0.4, 0.5) is 0 Å². The molecular weight excluding hydrogens is 90.1 g/mol. The molecule has 0 heterocycles. The number of hydrogen-bond donors (Lipinski definition) is 2. The number of hydrogen-bond acceptors (Lipinski definition) is 3. The van der Waals surface area contributed by atoms with Crippen LogP contribution in [0.1, 0.15) is 13.3 Å². The van der Waals surface area contributed by atoms with Gasteiger partial charge in [0.05, 0.1) is 6.17 Å². The van der Waals surface area contributed by atoms with Gasteiger partial charge in [-0.25, -0.2) is 5.01 Å². The highest BCUT2D eigenvalue weighted by Crippen LogP contribution is 1.83. The van der Waals surface area contributed by atoms with E-state index in [4.69, 9.17) is 11.6 Å². The van der Waals surface area contributed by atoms with Crippen LogP contribution in [-0.2, 0) is 0 Å². The van der Waals surface area contributed by atoms with E-state index in [9.17, 15) is 0 Å². The quantitative estimate of drug-likeness (QED) is 0.281. The average molecular weight is 103 g/mol. The molecule has 0 saturated carbocycles. The molecule has 0 bridgehead atoms. The first-order valence-corrected chi connectivity index (χ1v) is 2.41. The third-order valence-corrected chi connectivity index (χ3v) is 0.941. The molecular formula is C4H13N3. The van der Waals surface area contributed by atoms with Crippen molar-refractivity contribution in [2.75, 3.05) is 7.05 Å². The Morgan fingerprint density at radius 3 is 2.14 bits per heavy atom. The van der Waals surface area contributed by atoms with Crippen LogP contribution in [0.2, 0.25) is 0 Å². The SMILES string of the molecule is CCC(N)N(C)N. The number of hydrazine groups is 1. The van der Waals surface area contributed by atoms with Crippen LogP contribution in [0.5, 0.6) is 0 Å². The Bertz CT molecular complexity index is 44.2. The Labute approximate surface area is 44.2 Å². The Morgan fingerprint density at radius 2 is 2.14 bits per heavy atom. The van der Waals surface area contributed by atoms with E-state index < -0.39 is 0 Å². The first-order valence-electron chi connectivity index (χ1n) is 2.41. The zero-order chi connectivity index (χ0) is 5.86. The summed E-state index contributed by atoms with van der Waals surface area (Å²) >= 11 is 0. The highest BCUT2D eigenvalue weighted by atomic mass is 15.4. The Balaban J connectivity index is 3.14. The summed E-state index contributed by atoms with van der Waals surface area (Å²) < 4.78 is 0. The van der Waals surface area contributed by atoms with Crippen molar-refractivity contribution < 1.29 is 0 Å². The van der Waals surface area contributed by atoms with Crippen molar-refractivity contribution in [3.8, 4) is 0 Å². The van der Waals surface area contributed by atoms with E-state index in [2.05, 4.69) is 0 Å². The summed E-state index contributed by atoms with van der Waals surface area (Å²) in [6.45, 7) is 1.99. The molecule has 0 saturated heterocycles. The minimum Gasteiger partial charge on any atom is -0.315 e. The second-order valence-corrected chi connectivity index (χ2v) is 1.64. The maximum Gasteiger partial charge on any atom is 0.0699 e. The van der Waals surface area contributed by atoms with Crippen LogP contribution >= 0.6 is 0 Å². The van der Waals surface area contributed by atoms with Gasteiger partial charge in [-0.2, -0.15) is 0 Å². The van der Waals surface area contributed by atoms with E-state index in [1.54, 1.807) is 7.05 Å². The molecule has 44 valence electrons. The number of nitrogens with zero attached hydrogens (tertiary/aromatic N) is 1. The van der Waals surface area contributed by atoms with Gasteiger partial charge >= 0.3 is 0 Å². The van der Waals surface area contributed by atoms with E-state index in [1.165, 1.54) is 5.01 Å². The second-order valence-electron chi connectivity index (χ2n) is 1.64. The Hall–Kier alpha value is -0.120. The van der Waals surface area contributed by atoms with E-state index >= 15 is 0 Å². The third kappa shape index (κ3) is 2.56. The van der Waals surface area contributed by atoms with E-state index in [0.29, 0.717) is 0 Å². The molecule has 0 aromatic rings. The van der Waals surface area contributed by atoms with Crippen LogP contribution < -0.4 is 11.6 Å². The topological polar surface area (TPSA) is 55.3 Å². The molecule has 7 heavy (non-hydrogen) atoms. The summed E-state index contributed by atoms with van der Waals surface area (Å²) in [5, 5.41) is 1.50. The maximum atomic E-state index is 5.42. The van der Waals surface area contributed by atoms with Crippen molar-refractivity contribution in [2.24, 2.45) is 11.6 Å². The van der Waals surface area contributed by atoms with Gasteiger partial charge in [0, 0.05) is 7.05 Å². The molecule has 0 spiro atoms. The van der Waals surface area contributed by atoms with E-state index in [1.807, 2.05) is 6.92 Å². The largest absolute Gasteiger partial charge is 0.315 e. The standard InChI is InChI=1S/C4H13N3/c1-3-4(5)7(2)6/h4H,3,5-6H2,1-2H3. The average Bonchev–Trinajstić information content (AvgIpc) is 1.65. The fourth-order valence-corrected chi connectivity index (χ4v) is 0.288. The lowest BCUT2D eigenvalue weighted by molar-refractivity contribution is 0.248. The zero-order valence-corrected chi connectivity index (χ0v) is 4.89. The highest BCUT2D eigenvalue weighted by molar-refractivity contribution is 4.48. The molecule has 0 fully saturated rings. The van der Waals surface area contributed by atoms with Gasteiger partial charge < -0.3 is 5.73 Å². The normalized spacial score (nSPS) is 15.0. The van der Waals surface area contributed by atoms with Crippen molar-refractivity contribution in [2.45, 2.75) is 19.5 Å². The zero-order valence-electron chi connectivity index (χ0n) is 4.89. The lowest BCUT2D eigenvalue weighted by atomic mass is 10.4. The van der Waals surface area contributed by atoms with Gasteiger partial charge in [-0.05, 0) is 6.42 Å². The molecule has 0 aliphatic heterocycles. The van der Waals surface area contributed by atoms with E-state index in [0.717, 1.165) is 6.42 Å². The fraction of sp³-hybridized carbons (Fsp3) is 1.00. The van der Waals surface area contributed by atoms with Crippen LogP contribution in [0.25, 0.3) is 0 Å². The molecule has 0 amide bonds. The second kappa shape index (κ2) is 2.96. The summed E-state index contributed by atoms with van der Waals surface area (Å²) in [6.07, 6.45) is 0.910. The molecule has 4 N–H and O–H groups in total. The van der Waals surface area contributed by atoms with Gasteiger partial charge in [0.25, 0.3) is 0 Å². The molecule has 0 aliphatic carbocycles. The van der Waals surface area contributed by atoms with Crippen molar-refractivity contribution in [1.82, 2.24) is 5.01 Å². The fourth-order valence-electron chi connectivity index (χ4n) is 0.288. The van der Waals surface area contributed by atoms with Gasteiger partial charge in [-0.15, -0.1) is 0 Å². The summed E-state index contributed by atoms with van der Waals surface area (Å²) in [5.41, 5.74) is 5.42. The first-order chi connectivity index (χ1) is 3.18. The van der Waals surface area contributed by atoms with Crippen molar-refractivity contribution >= 4 is 0 Å². The molecule has 0 rings (SSSR count). The molecule has 1 atom stereocenters. The lowest BCUT2D eigenvalue weighted by Gasteiger charge is -2.15. The summed E-state index contributed by atoms with van der Waals surface area (Å²) in [5.74, 6) is 5.25. The van der Waals surface area contributed by atoms with Crippen molar-refractivity contribution in [3.05, 3.63) is 0 Å². The Kier molecular flexibility index (Phi) is 2.91. The lowest BCUT2D eigenvalue weighted by Crippen LogP contribution is -2.43.